The van der Waals surface area contributed by atoms with E-state index in [0.717, 1.165) is 12.5 Å². The van der Waals surface area contributed by atoms with Crippen molar-refractivity contribution in [2.75, 3.05) is 13.1 Å². The molecule has 1 unspecified atom stereocenters. The summed E-state index contributed by atoms with van der Waals surface area (Å²) < 4.78 is 0. The fourth-order valence-electron chi connectivity index (χ4n) is 2.90. The van der Waals surface area contributed by atoms with Gasteiger partial charge in [0.1, 0.15) is 0 Å². The summed E-state index contributed by atoms with van der Waals surface area (Å²) in [6.45, 7) is 8.41. The molecule has 1 atom stereocenters. The largest absolute Gasteiger partial charge is 0.359 e. The quantitative estimate of drug-likeness (QED) is 0.698. The molecular weight excluding hydrogens is 220 g/mol. The highest BCUT2D eigenvalue weighted by Crippen LogP contribution is 2.34. The lowest BCUT2D eigenvalue weighted by molar-refractivity contribution is 0.493. The number of aromatic amines is 1. The number of nitrogens with one attached hydrogen (secondary N) is 2. The smallest absolute Gasteiger partial charge is 0.0379 e. The molecule has 0 saturated carbocycles. The van der Waals surface area contributed by atoms with E-state index in [1.165, 1.54) is 56.5 Å². The molecule has 0 bridgehead atoms. The van der Waals surface area contributed by atoms with Gasteiger partial charge in [-0.25, -0.2) is 0 Å². The predicted octanol–water partition coefficient (Wildman–Crippen LogP) is 4.10. The second-order valence-corrected chi connectivity index (χ2v) is 5.34. The molecule has 2 rings (SSSR count). The molecule has 0 fully saturated rings. The molecule has 1 heterocycles. The number of unbranched alkanes of at least 4 members (excludes halogenated alkanes) is 1. The van der Waals surface area contributed by atoms with Gasteiger partial charge in [0.2, 0.25) is 0 Å². The molecule has 0 spiro atoms. The Morgan fingerprint density at radius 3 is 3.22 bits per heavy atom. The highest BCUT2D eigenvalue weighted by molar-refractivity contribution is 5.47. The van der Waals surface area contributed by atoms with Crippen molar-refractivity contribution < 1.29 is 1.43 Å². The molecule has 0 saturated heterocycles. The Labute approximate surface area is 112 Å². The van der Waals surface area contributed by atoms with Crippen LogP contribution in [-0.4, -0.2) is 18.1 Å². The van der Waals surface area contributed by atoms with Crippen LogP contribution in [0.5, 0.6) is 0 Å². The number of hydrogen-bond acceptors (Lipinski definition) is 1. The van der Waals surface area contributed by atoms with Crippen LogP contribution >= 0.6 is 0 Å². The van der Waals surface area contributed by atoms with Gasteiger partial charge in [0.15, 0.2) is 0 Å². The first kappa shape index (κ1) is 13.4. The molecule has 0 aliphatic heterocycles. The van der Waals surface area contributed by atoms with Crippen LogP contribution in [0.3, 0.4) is 0 Å². The fraction of sp³-hybridized carbons (Fsp3) is 0.625. The summed E-state index contributed by atoms with van der Waals surface area (Å²) in [6.07, 6.45) is 9.64. The molecule has 0 radical (unpaired) electrons. The summed E-state index contributed by atoms with van der Waals surface area (Å²) in [5.74, 6) is 0.743. The third kappa shape index (κ3) is 3.26. The summed E-state index contributed by atoms with van der Waals surface area (Å²) in [7, 11) is 0. The van der Waals surface area contributed by atoms with Gasteiger partial charge in [-0.05, 0) is 68.8 Å². The van der Waals surface area contributed by atoms with Gasteiger partial charge in [-0.2, -0.15) is 0 Å². The maximum Gasteiger partial charge on any atom is 0.0379 e. The van der Waals surface area contributed by atoms with Gasteiger partial charge < -0.3 is 10.3 Å². The molecule has 0 amide bonds. The van der Waals surface area contributed by atoms with Crippen LogP contribution in [0.15, 0.2) is 12.6 Å². The van der Waals surface area contributed by atoms with Crippen LogP contribution in [0.4, 0.5) is 0 Å². The standard InChI is InChI=1S/C16H26N2.H2/c1-3-5-10-17-11-9-13-7-6-8-16-15(13)12-14(4-2)18-16;/h4,12-13,17-18H,2-3,5-11H2,1H3;1H. The van der Waals surface area contributed by atoms with Crippen LogP contribution in [0.1, 0.15) is 63.3 Å². The molecule has 1 aromatic heterocycles. The van der Waals surface area contributed by atoms with Crippen LogP contribution in [0, 0.1) is 0 Å². The van der Waals surface area contributed by atoms with E-state index >= 15 is 0 Å². The molecule has 2 heteroatoms. The molecule has 0 aromatic carbocycles. The highest BCUT2D eigenvalue weighted by Gasteiger charge is 2.21. The Morgan fingerprint density at radius 2 is 2.44 bits per heavy atom. The third-order valence-electron chi connectivity index (χ3n) is 3.97. The summed E-state index contributed by atoms with van der Waals surface area (Å²) in [6, 6.07) is 2.30. The average molecular weight is 248 g/mol. The molecule has 102 valence electrons. The molecule has 2 N–H and O–H groups in total. The third-order valence-corrected chi connectivity index (χ3v) is 3.97. The lowest BCUT2D eigenvalue weighted by atomic mass is 9.84. The van der Waals surface area contributed by atoms with Crippen LogP contribution in [0.25, 0.3) is 6.08 Å². The maximum atomic E-state index is 3.85. The minimum Gasteiger partial charge on any atom is -0.359 e. The number of aromatic nitrogens is 1. The number of rotatable bonds is 7. The van der Waals surface area contributed by atoms with Gasteiger partial charge in [0.05, 0.1) is 0 Å². The topological polar surface area (TPSA) is 27.8 Å². The van der Waals surface area contributed by atoms with E-state index in [4.69, 9.17) is 0 Å². The van der Waals surface area contributed by atoms with E-state index in [9.17, 15) is 0 Å². The van der Waals surface area contributed by atoms with Crippen molar-refractivity contribution >= 4 is 6.08 Å². The van der Waals surface area contributed by atoms with E-state index in [1.807, 2.05) is 6.08 Å². The van der Waals surface area contributed by atoms with Crippen molar-refractivity contribution in [2.24, 2.45) is 0 Å². The van der Waals surface area contributed by atoms with Gasteiger partial charge in [-0.3, -0.25) is 0 Å². The van der Waals surface area contributed by atoms with E-state index in [-0.39, 0.29) is 1.43 Å². The molecule has 1 aliphatic rings. The lowest BCUT2D eigenvalue weighted by Crippen LogP contribution is -2.20. The minimum absolute atomic E-state index is 0. The summed E-state index contributed by atoms with van der Waals surface area (Å²) >= 11 is 0. The normalized spacial score (nSPS) is 18.6. The van der Waals surface area contributed by atoms with Crippen molar-refractivity contribution in [2.45, 2.75) is 51.4 Å². The first-order valence-electron chi connectivity index (χ1n) is 7.40. The SMILES string of the molecule is C=Cc1cc2c([nH]1)CCCC2CCNCCCC.[HH]. The van der Waals surface area contributed by atoms with Gasteiger partial charge in [0.25, 0.3) is 0 Å². The number of hydrogen-bond donors (Lipinski definition) is 2. The van der Waals surface area contributed by atoms with E-state index in [2.05, 4.69) is 29.9 Å². The summed E-state index contributed by atoms with van der Waals surface area (Å²) in [4.78, 5) is 3.49. The van der Waals surface area contributed by atoms with Crippen molar-refractivity contribution in [1.82, 2.24) is 10.3 Å². The minimum atomic E-state index is 0. The Kier molecular flexibility index (Phi) is 5.06. The van der Waals surface area contributed by atoms with E-state index in [0.29, 0.717) is 0 Å². The van der Waals surface area contributed by atoms with Crippen molar-refractivity contribution in [3.63, 3.8) is 0 Å². The zero-order chi connectivity index (χ0) is 12.8. The Balaban J connectivity index is 0.00000180. The highest BCUT2D eigenvalue weighted by atomic mass is 14.8. The van der Waals surface area contributed by atoms with Gasteiger partial charge >= 0.3 is 0 Å². The second kappa shape index (κ2) is 6.79. The summed E-state index contributed by atoms with van der Waals surface area (Å²) in [5, 5.41) is 3.55. The Hall–Kier alpha value is -1.02. The monoisotopic (exact) mass is 248 g/mol. The van der Waals surface area contributed by atoms with Crippen LogP contribution < -0.4 is 5.32 Å². The fourth-order valence-corrected chi connectivity index (χ4v) is 2.90. The van der Waals surface area contributed by atoms with Crippen LogP contribution in [0.2, 0.25) is 0 Å². The maximum absolute atomic E-state index is 3.85. The van der Waals surface area contributed by atoms with Gasteiger partial charge in [0, 0.05) is 12.8 Å². The zero-order valence-electron chi connectivity index (χ0n) is 11.6. The molecule has 18 heavy (non-hydrogen) atoms. The second-order valence-electron chi connectivity index (χ2n) is 5.34. The first-order chi connectivity index (χ1) is 8.85. The molecular formula is C16H28N2. The number of fused-ring (bicyclic) bond motifs is 1. The van der Waals surface area contributed by atoms with Gasteiger partial charge in [-0.15, -0.1) is 0 Å². The van der Waals surface area contributed by atoms with Crippen molar-refractivity contribution in [1.29, 1.82) is 0 Å². The number of aryl methyl sites for hydroxylation is 1. The van der Waals surface area contributed by atoms with Crippen molar-refractivity contribution in [3.05, 3.63) is 29.6 Å². The summed E-state index contributed by atoms with van der Waals surface area (Å²) in [5.41, 5.74) is 4.19. The zero-order valence-corrected chi connectivity index (χ0v) is 11.6. The first-order valence-corrected chi connectivity index (χ1v) is 7.40. The number of H-pyrrole nitrogens is 1. The van der Waals surface area contributed by atoms with E-state index in [1.54, 1.807) is 5.56 Å². The van der Waals surface area contributed by atoms with Crippen molar-refractivity contribution in [3.8, 4) is 0 Å². The molecule has 2 nitrogen and oxygen atoms in total. The Bertz CT molecular complexity index is 384. The average Bonchev–Trinajstić information content (AvgIpc) is 2.82. The Morgan fingerprint density at radius 1 is 1.56 bits per heavy atom. The van der Waals surface area contributed by atoms with E-state index < -0.39 is 0 Å². The molecule has 1 aromatic rings. The van der Waals surface area contributed by atoms with Gasteiger partial charge in [-0.1, -0.05) is 19.9 Å². The van der Waals surface area contributed by atoms with Crippen LogP contribution in [-0.2, 0) is 6.42 Å². The predicted molar refractivity (Wildman–Crippen MR) is 81.1 cm³/mol. The molecule has 1 aliphatic carbocycles. The lowest BCUT2D eigenvalue weighted by Gasteiger charge is -2.22.